The van der Waals surface area contributed by atoms with E-state index in [0.717, 1.165) is 24.3 Å². The number of hydrogen-bond acceptors (Lipinski definition) is 3. The Labute approximate surface area is 110 Å². The molecule has 1 rings (SSSR count). The molecule has 1 atom stereocenters. The summed E-state index contributed by atoms with van der Waals surface area (Å²) in [5, 5.41) is 12.4. The third-order valence-electron chi connectivity index (χ3n) is 2.91. The number of nitriles is 1. The van der Waals surface area contributed by atoms with Crippen molar-refractivity contribution in [2.45, 2.75) is 45.1 Å². The molecule has 0 saturated carbocycles. The Morgan fingerprint density at radius 3 is 2.83 bits per heavy atom. The van der Waals surface area contributed by atoms with E-state index < -0.39 is 0 Å². The lowest BCUT2D eigenvalue weighted by atomic mass is 10.1. The van der Waals surface area contributed by atoms with Crippen molar-refractivity contribution in [3.05, 3.63) is 24.3 Å². The van der Waals surface area contributed by atoms with E-state index in [2.05, 4.69) is 18.3 Å². The Bertz CT molecular complexity index is 384. The van der Waals surface area contributed by atoms with Crippen LogP contribution in [0.25, 0.3) is 0 Å². The zero-order valence-electron chi connectivity index (χ0n) is 11.3. The van der Waals surface area contributed by atoms with Crippen LogP contribution >= 0.6 is 0 Å². The standard InChI is InChI=1S/C15H22N2O/c1-3-4-5-6-8-14(12-16)17-13-9-7-10-15(11-13)18-2/h7,9-11,14,17H,3-6,8H2,1-2H3. The van der Waals surface area contributed by atoms with Gasteiger partial charge in [0.05, 0.1) is 13.2 Å². The smallest absolute Gasteiger partial charge is 0.120 e. The van der Waals surface area contributed by atoms with Gasteiger partial charge in [0.15, 0.2) is 0 Å². The van der Waals surface area contributed by atoms with Crippen molar-refractivity contribution in [3.8, 4) is 11.8 Å². The molecule has 98 valence electrons. The fourth-order valence-corrected chi connectivity index (χ4v) is 1.86. The molecule has 1 aromatic carbocycles. The Hall–Kier alpha value is -1.69. The molecule has 0 bridgehead atoms. The van der Waals surface area contributed by atoms with Gasteiger partial charge in [-0.25, -0.2) is 0 Å². The maximum atomic E-state index is 9.13. The van der Waals surface area contributed by atoms with Gasteiger partial charge in [0, 0.05) is 11.8 Å². The number of ether oxygens (including phenoxy) is 1. The van der Waals surface area contributed by atoms with Gasteiger partial charge >= 0.3 is 0 Å². The minimum atomic E-state index is -0.117. The van der Waals surface area contributed by atoms with E-state index in [1.807, 2.05) is 24.3 Å². The molecule has 0 spiro atoms. The Kier molecular flexibility index (Phi) is 6.71. The molecule has 0 saturated heterocycles. The second-order valence-electron chi connectivity index (χ2n) is 4.41. The van der Waals surface area contributed by atoms with Crippen molar-refractivity contribution in [1.82, 2.24) is 0 Å². The molecule has 0 amide bonds. The van der Waals surface area contributed by atoms with Crippen molar-refractivity contribution in [1.29, 1.82) is 5.26 Å². The van der Waals surface area contributed by atoms with Gasteiger partial charge in [-0.15, -0.1) is 0 Å². The van der Waals surface area contributed by atoms with E-state index in [0.29, 0.717) is 0 Å². The van der Waals surface area contributed by atoms with Gasteiger partial charge in [-0.05, 0) is 18.6 Å². The van der Waals surface area contributed by atoms with Crippen LogP contribution in [-0.2, 0) is 0 Å². The van der Waals surface area contributed by atoms with Crippen LogP contribution in [0.3, 0.4) is 0 Å². The predicted molar refractivity (Wildman–Crippen MR) is 74.8 cm³/mol. The van der Waals surface area contributed by atoms with Crippen LogP contribution in [0.15, 0.2) is 24.3 Å². The highest BCUT2D eigenvalue weighted by Gasteiger charge is 2.07. The second kappa shape index (κ2) is 8.41. The SMILES string of the molecule is CCCCCCC(C#N)Nc1cccc(OC)c1. The molecule has 1 N–H and O–H groups in total. The summed E-state index contributed by atoms with van der Waals surface area (Å²) in [6.45, 7) is 2.19. The van der Waals surface area contributed by atoms with E-state index in [1.54, 1.807) is 7.11 Å². The molecule has 0 aliphatic rings. The number of nitrogens with zero attached hydrogens (tertiary/aromatic N) is 1. The summed E-state index contributed by atoms with van der Waals surface area (Å²) >= 11 is 0. The van der Waals surface area contributed by atoms with Gasteiger partial charge in [-0.2, -0.15) is 5.26 Å². The monoisotopic (exact) mass is 246 g/mol. The highest BCUT2D eigenvalue weighted by molar-refractivity contribution is 5.49. The van der Waals surface area contributed by atoms with Gasteiger partial charge in [0.2, 0.25) is 0 Å². The van der Waals surface area contributed by atoms with Crippen molar-refractivity contribution < 1.29 is 4.74 Å². The van der Waals surface area contributed by atoms with E-state index in [9.17, 15) is 0 Å². The van der Waals surface area contributed by atoms with Crippen molar-refractivity contribution in [2.75, 3.05) is 12.4 Å². The molecule has 0 aromatic heterocycles. The highest BCUT2D eigenvalue weighted by Crippen LogP contribution is 2.18. The second-order valence-corrected chi connectivity index (χ2v) is 4.41. The molecule has 0 aliphatic heterocycles. The predicted octanol–water partition coefficient (Wildman–Crippen LogP) is 3.97. The van der Waals surface area contributed by atoms with Gasteiger partial charge < -0.3 is 10.1 Å². The topological polar surface area (TPSA) is 45.0 Å². The van der Waals surface area contributed by atoms with Crippen molar-refractivity contribution >= 4 is 5.69 Å². The summed E-state index contributed by atoms with van der Waals surface area (Å²) in [6.07, 6.45) is 5.67. The summed E-state index contributed by atoms with van der Waals surface area (Å²) in [5.74, 6) is 0.808. The van der Waals surface area contributed by atoms with Crippen molar-refractivity contribution in [2.24, 2.45) is 0 Å². The number of methoxy groups -OCH3 is 1. The molecule has 3 heteroatoms. The molecule has 18 heavy (non-hydrogen) atoms. The van der Waals surface area contributed by atoms with Crippen LogP contribution in [0.1, 0.15) is 39.0 Å². The zero-order chi connectivity index (χ0) is 13.2. The first-order valence-electron chi connectivity index (χ1n) is 6.60. The lowest BCUT2D eigenvalue weighted by Gasteiger charge is -2.13. The minimum absolute atomic E-state index is 0.117. The first-order valence-corrected chi connectivity index (χ1v) is 6.60. The summed E-state index contributed by atoms with van der Waals surface area (Å²) in [5.41, 5.74) is 0.941. The molecule has 0 fully saturated rings. The van der Waals surface area contributed by atoms with Gasteiger partial charge in [-0.3, -0.25) is 0 Å². The highest BCUT2D eigenvalue weighted by atomic mass is 16.5. The quantitative estimate of drug-likeness (QED) is 0.706. The zero-order valence-corrected chi connectivity index (χ0v) is 11.3. The Morgan fingerprint density at radius 2 is 2.17 bits per heavy atom. The van der Waals surface area contributed by atoms with Crippen LogP contribution in [0, 0.1) is 11.3 Å². The van der Waals surface area contributed by atoms with Crippen molar-refractivity contribution in [3.63, 3.8) is 0 Å². The molecular weight excluding hydrogens is 224 g/mol. The Balaban J connectivity index is 2.44. The molecular formula is C15H22N2O. The fraction of sp³-hybridized carbons (Fsp3) is 0.533. The van der Waals surface area contributed by atoms with Crippen LogP contribution < -0.4 is 10.1 Å². The van der Waals surface area contributed by atoms with Crippen LogP contribution in [0.2, 0.25) is 0 Å². The largest absolute Gasteiger partial charge is 0.497 e. The number of unbranched alkanes of at least 4 members (excludes halogenated alkanes) is 3. The van der Waals surface area contributed by atoms with E-state index in [4.69, 9.17) is 10.00 Å². The number of rotatable bonds is 8. The summed E-state index contributed by atoms with van der Waals surface area (Å²) in [7, 11) is 1.64. The van der Waals surface area contributed by atoms with E-state index in [-0.39, 0.29) is 6.04 Å². The van der Waals surface area contributed by atoms with Gasteiger partial charge in [0.1, 0.15) is 11.8 Å². The molecule has 0 heterocycles. The van der Waals surface area contributed by atoms with Gasteiger partial charge in [-0.1, -0.05) is 38.7 Å². The van der Waals surface area contributed by atoms with Gasteiger partial charge in [0.25, 0.3) is 0 Å². The molecule has 3 nitrogen and oxygen atoms in total. The first kappa shape index (κ1) is 14.4. The molecule has 0 aliphatic carbocycles. The van der Waals surface area contributed by atoms with Crippen LogP contribution in [-0.4, -0.2) is 13.2 Å². The average Bonchev–Trinajstić information content (AvgIpc) is 2.42. The summed E-state index contributed by atoms with van der Waals surface area (Å²) in [4.78, 5) is 0. The normalized spacial score (nSPS) is 11.6. The Morgan fingerprint density at radius 1 is 1.33 bits per heavy atom. The number of anilines is 1. The average molecular weight is 246 g/mol. The molecule has 0 radical (unpaired) electrons. The minimum Gasteiger partial charge on any atom is -0.497 e. The lowest BCUT2D eigenvalue weighted by Crippen LogP contribution is -2.16. The summed E-state index contributed by atoms with van der Waals surface area (Å²) in [6, 6.07) is 9.89. The molecule has 1 aromatic rings. The van der Waals surface area contributed by atoms with E-state index in [1.165, 1.54) is 19.3 Å². The molecule has 1 unspecified atom stereocenters. The third kappa shape index (κ3) is 5.09. The fourth-order valence-electron chi connectivity index (χ4n) is 1.86. The van der Waals surface area contributed by atoms with Crippen LogP contribution in [0.5, 0.6) is 5.75 Å². The number of nitrogens with one attached hydrogen (secondary N) is 1. The maximum absolute atomic E-state index is 9.13. The first-order chi connectivity index (χ1) is 8.80. The third-order valence-corrected chi connectivity index (χ3v) is 2.91. The number of hydrogen-bond donors (Lipinski definition) is 1. The maximum Gasteiger partial charge on any atom is 0.120 e. The summed E-state index contributed by atoms with van der Waals surface area (Å²) < 4.78 is 5.16. The number of benzene rings is 1. The van der Waals surface area contributed by atoms with E-state index >= 15 is 0 Å². The lowest BCUT2D eigenvalue weighted by molar-refractivity contribution is 0.415. The van der Waals surface area contributed by atoms with Crippen LogP contribution in [0.4, 0.5) is 5.69 Å².